The Labute approximate surface area is 80.3 Å². The molecule has 0 bridgehead atoms. The second-order valence-electron chi connectivity index (χ2n) is 3.58. The van der Waals surface area contributed by atoms with Crippen LogP contribution in [0.4, 0.5) is 0 Å². The van der Waals surface area contributed by atoms with E-state index in [4.69, 9.17) is 5.73 Å². The summed E-state index contributed by atoms with van der Waals surface area (Å²) in [4.78, 5) is 0. The minimum atomic E-state index is 0.532. The first-order valence-corrected chi connectivity index (χ1v) is 4.52. The van der Waals surface area contributed by atoms with Crippen LogP contribution in [0.25, 0.3) is 5.57 Å². The van der Waals surface area contributed by atoms with Gasteiger partial charge in [-0.15, -0.1) is 0 Å². The summed E-state index contributed by atoms with van der Waals surface area (Å²) >= 11 is 0. The minimum Gasteiger partial charge on any atom is -0.326 e. The van der Waals surface area contributed by atoms with Crippen LogP contribution in [0.3, 0.4) is 0 Å². The predicted molar refractivity (Wildman–Crippen MR) is 58.7 cm³/mol. The van der Waals surface area contributed by atoms with E-state index in [2.05, 4.69) is 39.5 Å². The first-order chi connectivity index (χ1) is 6.06. The number of rotatable bonds is 2. The Morgan fingerprint density at radius 3 is 2.08 bits per heavy atom. The smallest absolute Gasteiger partial charge is 0.0178 e. The average Bonchev–Trinajstić information content (AvgIpc) is 2.02. The van der Waals surface area contributed by atoms with Gasteiger partial charge in [-0.3, -0.25) is 0 Å². The maximum Gasteiger partial charge on any atom is 0.0178 e. The standard InChI is InChI=1S/C12H17N/c1-8-5-9(2)12(10(3)6-8)11(4)7-13/h5-6H,4,7,13H2,1-3H3. The van der Waals surface area contributed by atoms with E-state index in [1.807, 2.05) is 0 Å². The fourth-order valence-electron chi connectivity index (χ4n) is 1.84. The van der Waals surface area contributed by atoms with Crippen LogP contribution in [0.5, 0.6) is 0 Å². The first-order valence-electron chi connectivity index (χ1n) is 4.52. The van der Waals surface area contributed by atoms with Crippen molar-refractivity contribution in [3.8, 4) is 0 Å². The second kappa shape index (κ2) is 3.75. The number of benzene rings is 1. The lowest BCUT2D eigenvalue weighted by atomic mass is 9.95. The van der Waals surface area contributed by atoms with Crippen molar-refractivity contribution in [1.29, 1.82) is 0 Å². The van der Waals surface area contributed by atoms with Crippen molar-refractivity contribution >= 4 is 5.57 Å². The summed E-state index contributed by atoms with van der Waals surface area (Å²) < 4.78 is 0. The largest absolute Gasteiger partial charge is 0.326 e. The van der Waals surface area contributed by atoms with Crippen LogP contribution in [-0.2, 0) is 0 Å². The Balaban J connectivity index is 3.28. The highest BCUT2D eigenvalue weighted by molar-refractivity contribution is 5.70. The van der Waals surface area contributed by atoms with Crippen molar-refractivity contribution in [3.05, 3.63) is 41.0 Å². The van der Waals surface area contributed by atoms with E-state index in [-0.39, 0.29) is 0 Å². The predicted octanol–water partition coefficient (Wildman–Crippen LogP) is 2.58. The molecule has 0 atom stereocenters. The highest BCUT2D eigenvalue weighted by Gasteiger charge is 2.05. The molecule has 1 rings (SSSR count). The SMILES string of the molecule is C=C(CN)c1c(C)cc(C)cc1C. The van der Waals surface area contributed by atoms with E-state index in [0.29, 0.717) is 6.54 Å². The molecule has 1 aromatic rings. The van der Waals surface area contributed by atoms with Gasteiger partial charge in [-0.2, -0.15) is 0 Å². The van der Waals surface area contributed by atoms with Gasteiger partial charge < -0.3 is 5.73 Å². The first kappa shape index (κ1) is 10.0. The van der Waals surface area contributed by atoms with E-state index in [9.17, 15) is 0 Å². The molecule has 1 heteroatoms. The summed E-state index contributed by atoms with van der Waals surface area (Å²) in [6.45, 7) is 10.8. The summed E-state index contributed by atoms with van der Waals surface area (Å²) in [5.74, 6) is 0. The fraction of sp³-hybridized carbons (Fsp3) is 0.333. The van der Waals surface area contributed by atoms with Crippen LogP contribution >= 0.6 is 0 Å². The number of aryl methyl sites for hydroxylation is 3. The molecular weight excluding hydrogens is 158 g/mol. The topological polar surface area (TPSA) is 26.0 Å². The molecule has 0 aliphatic heterocycles. The van der Waals surface area contributed by atoms with Gasteiger partial charge in [-0.1, -0.05) is 24.3 Å². The van der Waals surface area contributed by atoms with Crippen LogP contribution in [0.15, 0.2) is 18.7 Å². The second-order valence-corrected chi connectivity index (χ2v) is 3.58. The molecule has 0 aliphatic rings. The quantitative estimate of drug-likeness (QED) is 0.734. The van der Waals surface area contributed by atoms with Crippen molar-refractivity contribution in [2.75, 3.05) is 6.54 Å². The Hall–Kier alpha value is -1.08. The van der Waals surface area contributed by atoms with Crippen molar-refractivity contribution in [3.63, 3.8) is 0 Å². The van der Waals surface area contributed by atoms with Crippen LogP contribution in [0.2, 0.25) is 0 Å². The highest BCUT2D eigenvalue weighted by atomic mass is 14.5. The molecule has 0 radical (unpaired) electrons. The van der Waals surface area contributed by atoms with Crippen LogP contribution < -0.4 is 5.73 Å². The molecule has 0 saturated carbocycles. The van der Waals surface area contributed by atoms with Gasteiger partial charge >= 0.3 is 0 Å². The maximum atomic E-state index is 5.58. The van der Waals surface area contributed by atoms with Gasteiger partial charge in [0.1, 0.15) is 0 Å². The van der Waals surface area contributed by atoms with Gasteiger partial charge in [-0.25, -0.2) is 0 Å². The summed E-state index contributed by atoms with van der Waals surface area (Å²) in [5, 5.41) is 0. The van der Waals surface area contributed by atoms with Crippen LogP contribution in [0, 0.1) is 20.8 Å². The molecule has 70 valence electrons. The third kappa shape index (κ3) is 1.99. The number of hydrogen-bond donors (Lipinski definition) is 1. The summed E-state index contributed by atoms with van der Waals surface area (Å²) in [5.41, 5.74) is 11.7. The molecule has 0 saturated heterocycles. The molecule has 0 spiro atoms. The van der Waals surface area contributed by atoms with E-state index in [0.717, 1.165) is 5.57 Å². The van der Waals surface area contributed by atoms with Gasteiger partial charge in [0.2, 0.25) is 0 Å². The van der Waals surface area contributed by atoms with Crippen molar-refractivity contribution < 1.29 is 0 Å². The highest BCUT2D eigenvalue weighted by Crippen LogP contribution is 2.22. The van der Waals surface area contributed by atoms with Gasteiger partial charge in [0, 0.05) is 6.54 Å². The van der Waals surface area contributed by atoms with Gasteiger partial charge in [0.15, 0.2) is 0 Å². The molecule has 0 heterocycles. The zero-order valence-corrected chi connectivity index (χ0v) is 8.65. The zero-order valence-electron chi connectivity index (χ0n) is 8.65. The van der Waals surface area contributed by atoms with Crippen molar-refractivity contribution in [2.24, 2.45) is 5.73 Å². The molecule has 0 aromatic heterocycles. The van der Waals surface area contributed by atoms with E-state index < -0.39 is 0 Å². The molecular formula is C12H17N. The molecule has 0 aliphatic carbocycles. The minimum absolute atomic E-state index is 0.532. The van der Waals surface area contributed by atoms with Crippen molar-refractivity contribution in [1.82, 2.24) is 0 Å². The van der Waals surface area contributed by atoms with Crippen LogP contribution in [0.1, 0.15) is 22.3 Å². The molecule has 0 amide bonds. The van der Waals surface area contributed by atoms with Crippen LogP contribution in [-0.4, -0.2) is 6.54 Å². The summed E-state index contributed by atoms with van der Waals surface area (Å²) in [6.07, 6.45) is 0. The molecule has 1 nitrogen and oxygen atoms in total. The third-order valence-electron chi connectivity index (χ3n) is 2.28. The Morgan fingerprint density at radius 1 is 1.23 bits per heavy atom. The van der Waals surface area contributed by atoms with Gasteiger partial charge in [-0.05, 0) is 43.0 Å². The number of hydrogen-bond acceptors (Lipinski definition) is 1. The third-order valence-corrected chi connectivity index (χ3v) is 2.28. The molecule has 13 heavy (non-hydrogen) atoms. The van der Waals surface area contributed by atoms with E-state index >= 15 is 0 Å². The maximum absolute atomic E-state index is 5.58. The summed E-state index contributed by atoms with van der Waals surface area (Å²) in [6, 6.07) is 4.34. The lowest BCUT2D eigenvalue weighted by Gasteiger charge is -2.12. The molecule has 1 aromatic carbocycles. The molecule has 0 unspecified atom stereocenters. The lowest BCUT2D eigenvalue weighted by molar-refractivity contribution is 1.22. The number of nitrogens with two attached hydrogens (primary N) is 1. The Kier molecular flexibility index (Phi) is 2.89. The zero-order chi connectivity index (χ0) is 10.0. The summed E-state index contributed by atoms with van der Waals surface area (Å²) in [7, 11) is 0. The lowest BCUT2D eigenvalue weighted by Crippen LogP contribution is -2.04. The van der Waals surface area contributed by atoms with E-state index in [1.165, 1.54) is 22.3 Å². The monoisotopic (exact) mass is 175 g/mol. The van der Waals surface area contributed by atoms with Crippen molar-refractivity contribution in [2.45, 2.75) is 20.8 Å². The van der Waals surface area contributed by atoms with Gasteiger partial charge in [0.05, 0.1) is 0 Å². The molecule has 0 fully saturated rings. The van der Waals surface area contributed by atoms with Gasteiger partial charge in [0.25, 0.3) is 0 Å². The Bertz CT molecular complexity index is 314. The normalized spacial score (nSPS) is 10.2. The molecule has 2 N–H and O–H groups in total. The Morgan fingerprint density at radius 2 is 1.69 bits per heavy atom. The average molecular weight is 175 g/mol. The fourth-order valence-corrected chi connectivity index (χ4v) is 1.84. The van der Waals surface area contributed by atoms with E-state index in [1.54, 1.807) is 0 Å².